The Morgan fingerprint density at radius 3 is 2.48 bits per heavy atom. The zero-order valence-electron chi connectivity index (χ0n) is 18.1. The molecule has 0 atom stereocenters. The zero-order valence-corrected chi connectivity index (χ0v) is 18.1. The number of hydrogen-bond donors (Lipinski definition) is 1. The molecule has 0 aliphatic carbocycles. The summed E-state index contributed by atoms with van der Waals surface area (Å²) in [7, 11) is 0. The molecule has 1 fully saturated rings. The summed E-state index contributed by atoms with van der Waals surface area (Å²) in [4.78, 5) is 17.3. The first-order valence-corrected chi connectivity index (χ1v) is 10.6. The van der Waals surface area contributed by atoms with E-state index in [4.69, 9.17) is 4.74 Å². The Balaban J connectivity index is 1.57. The maximum absolute atomic E-state index is 12.7. The second-order valence-corrected chi connectivity index (χ2v) is 7.91. The highest BCUT2D eigenvalue weighted by atomic mass is 16.5. The van der Waals surface area contributed by atoms with Crippen LogP contribution in [0.3, 0.4) is 0 Å². The van der Waals surface area contributed by atoms with E-state index in [2.05, 4.69) is 60.2 Å². The maximum atomic E-state index is 12.7. The number of aryl methyl sites for hydroxylation is 1. The third-order valence-electron chi connectivity index (χ3n) is 5.44. The van der Waals surface area contributed by atoms with Crippen LogP contribution in [0.15, 0.2) is 42.5 Å². The molecule has 1 N–H and O–H groups in total. The van der Waals surface area contributed by atoms with Crippen LogP contribution in [0.5, 0.6) is 5.75 Å². The Labute approximate surface area is 174 Å². The summed E-state index contributed by atoms with van der Waals surface area (Å²) in [6.07, 6.45) is 0. The molecule has 2 aromatic rings. The lowest BCUT2D eigenvalue weighted by Gasteiger charge is -2.36. The van der Waals surface area contributed by atoms with Gasteiger partial charge in [0.15, 0.2) is 0 Å². The van der Waals surface area contributed by atoms with Gasteiger partial charge in [0.25, 0.3) is 0 Å². The molecule has 1 aliphatic rings. The van der Waals surface area contributed by atoms with Crippen LogP contribution in [0.25, 0.3) is 0 Å². The van der Waals surface area contributed by atoms with Crippen LogP contribution in [-0.4, -0.2) is 50.1 Å². The van der Waals surface area contributed by atoms with Crippen molar-refractivity contribution in [3.8, 4) is 5.75 Å². The molecule has 0 saturated carbocycles. The first-order valence-electron chi connectivity index (χ1n) is 10.6. The van der Waals surface area contributed by atoms with Crippen molar-refractivity contribution in [3.63, 3.8) is 0 Å². The van der Waals surface area contributed by atoms with Crippen LogP contribution in [-0.2, 0) is 4.79 Å². The van der Waals surface area contributed by atoms with Gasteiger partial charge in [0.1, 0.15) is 5.75 Å². The van der Waals surface area contributed by atoms with Gasteiger partial charge in [0, 0.05) is 31.9 Å². The number of nitrogens with zero attached hydrogens (tertiary/aromatic N) is 2. The van der Waals surface area contributed by atoms with Gasteiger partial charge in [-0.3, -0.25) is 9.69 Å². The van der Waals surface area contributed by atoms with Crippen LogP contribution < -0.4 is 15.0 Å². The van der Waals surface area contributed by atoms with Crippen molar-refractivity contribution in [2.45, 2.75) is 33.6 Å². The molecule has 2 aromatic carbocycles. The quantitative estimate of drug-likeness (QED) is 0.760. The number of ether oxygens (including phenoxy) is 1. The third kappa shape index (κ3) is 5.30. The first-order chi connectivity index (χ1) is 14.0. The van der Waals surface area contributed by atoms with E-state index < -0.39 is 0 Å². The monoisotopic (exact) mass is 395 g/mol. The van der Waals surface area contributed by atoms with E-state index >= 15 is 0 Å². The second kappa shape index (κ2) is 9.79. The number of carbonyl (C=O) groups excluding carboxylic acids is 1. The highest BCUT2D eigenvalue weighted by molar-refractivity contribution is 5.94. The second-order valence-electron chi connectivity index (χ2n) is 7.91. The highest BCUT2D eigenvalue weighted by Crippen LogP contribution is 2.29. The predicted octanol–water partition coefficient (Wildman–Crippen LogP) is 4.28. The molecule has 3 rings (SSSR count). The lowest BCUT2D eigenvalue weighted by Crippen LogP contribution is -2.48. The molecule has 0 unspecified atom stereocenters. The largest absolute Gasteiger partial charge is 0.492 e. The Bertz CT molecular complexity index is 827. The molecule has 1 aliphatic heterocycles. The van der Waals surface area contributed by atoms with E-state index in [0.717, 1.165) is 48.9 Å². The van der Waals surface area contributed by atoms with Gasteiger partial charge in [-0.2, -0.15) is 0 Å². The van der Waals surface area contributed by atoms with Crippen molar-refractivity contribution in [1.29, 1.82) is 0 Å². The van der Waals surface area contributed by atoms with Crippen LogP contribution in [0, 0.1) is 6.92 Å². The standard InChI is InChI=1S/C24H33N3O2/c1-5-29-22-12-7-6-11-21(22)27-15-13-26(14-16-27)17-23(28)25-24-19(4)9-8-10-20(24)18(2)3/h6-12,18H,5,13-17H2,1-4H3,(H,25,28). The van der Waals surface area contributed by atoms with Gasteiger partial charge >= 0.3 is 0 Å². The van der Waals surface area contributed by atoms with E-state index in [1.165, 1.54) is 5.56 Å². The number of anilines is 2. The molecular weight excluding hydrogens is 362 g/mol. The number of para-hydroxylation sites is 3. The van der Waals surface area contributed by atoms with E-state index in [0.29, 0.717) is 19.1 Å². The molecule has 29 heavy (non-hydrogen) atoms. The average molecular weight is 396 g/mol. The molecule has 0 aromatic heterocycles. The lowest BCUT2D eigenvalue weighted by molar-refractivity contribution is -0.117. The molecule has 1 amide bonds. The summed E-state index contributed by atoms with van der Waals surface area (Å²) in [6, 6.07) is 14.4. The fraction of sp³-hybridized carbons (Fsp3) is 0.458. The van der Waals surface area contributed by atoms with Crippen molar-refractivity contribution in [2.24, 2.45) is 0 Å². The van der Waals surface area contributed by atoms with E-state index in [1.807, 2.05) is 25.1 Å². The number of piperazine rings is 1. The van der Waals surface area contributed by atoms with Crippen LogP contribution in [0.2, 0.25) is 0 Å². The highest BCUT2D eigenvalue weighted by Gasteiger charge is 2.22. The van der Waals surface area contributed by atoms with E-state index in [-0.39, 0.29) is 5.91 Å². The average Bonchev–Trinajstić information content (AvgIpc) is 2.71. The van der Waals surface area contributed by atoms with Gasteiger partial charge in [-0.1, -0.05) is 44.2 Å². The lowest BCUT2D eigenvalue weighted by atomic mass is 9.98. The third-order valence-corrected chi connectivity index (χ3v) is 5.44. The fourth-order valence-electron chi connectivity index (χ4n) is 3.87. The molecule has 0 bridgehead atoms. The summed E-state index contributed by atoms with van der Waals surface area (Å²) in [5.41, 5.74) is 4.41. The number of benzene rings is 2. The number of rotatable bonds is 7. The molecule has 5 heteroatoms. The Kier molecular flexibility index (Phi) is 7.15. The first kappa shape index (κ1) is 21.2. The van der Waals surface area contributed by atoms with Gasteiger partial charge in [-0.05, 0) is 43.0 Å². The molecule has 0 spiro atoms. The van der Waals surface area contributed by atoms with E-state index in [9.17, 15) is 4.79 Å². The van der Waals surface area contributed by atoms with Crippen molar-refractivity contribution in [2.75, 3.05) is 49.5 Å². The van der Waals surface area contributed by atoms with Gasteiger partial charge in [0.05, 0.1) is 18.8 Å². The van der Waals surface area contributed by atoms with Gasteiger partial charge in [-0.15, -0.1) is 0 Å². The van der Waals surface area contributed by atoms with Crippen LogP contribution >= 0.6 is 0 Å². The minimum Gasteiger partial charge on any atom is -0.492 e. The smallest absolute Gasteiger partial charge is 0.238 e. The molecule has 5 nitrogen and oxygen atoms in total. The van der Waals surface area contributed by atoms with Crippen molar-refractivity contribution in [1.82, 2.24) is 4.90 Å². The maximum Gasteiger partial charge on any atom is 0.238 e. The Hall–Kier alpha value is -2.53. The van der Waals surface area contributed by atoms with Gasteiger partial charge in [-0.25, -0.2) is 0 Å². The van der Waals surface area contributed by atoms with Crippen LogP contribution in [0.4, 0.5) is 11.4 Å². The number of amides is 1. The topological polar surface area (TPSA) is 44.8 Å². The van der Waals surface area contributed by atoms with Crippen LogP contribution in [0.1, 0.15) is 37.8 Å². The molecule has 1 heterocycles. The minimum absolute atomic E-state index is 0.0596. The molecule has 1 saturated heterocycles. The normalized spacial score (nSPS) is 14.9. The Morgan fingerprint density at radius 1 is 1.07 bits per heavy atom. The van der Waals surface area contributed by atoms with Gasteiger partial charge < -0.3 is 15.0 Å². The summed E-state index contributed by atoms with van der Waals surface area (Å²) in [6.45, 7) is 13.0. The number of carbonyl (C=O) groups is 1. The molecule has 0 radical (unpaired) electrons. The Morgan fingerprint density at radius 2 is 1.79 bits per heavy atom. The van der Waals surface area contributed by atoms with E-state index in [1.54, 1.807) is 0 Å². The zero-order chi connectivity index (χ0) is 20.8. The molecule has 156 valence electrons. The number of hydrogen-bond acceptors (Lipinski definition) is 4. The van der Waals surface area contributed by atoms with Crippen molar-refractivity contribution >= 4 is 17.3 Å². The SMILES string of the molecule is CCOc1ccccc1N1CCN(CC(=O)Nc2c(C)cccc2C(C)C)CC1. The predicted molar refractivity (Wildman–Crippen MR) is 120 cm³/mol. The van der Waals surface area contributed by atoms with Crippen molar-refractivity contribution < 1.29 is 9.53 Å². The summed E-state index contributed by atoms with van der Waals surface area (Å²) >= 11 is 0. The fourth-order valence-corrected chi connectivity index (χ4v) is 3.87. The summed E-state index contributed by atoms with van der Waals surface area (Å²) in [5, 5.41) is 3.16. The summed E-state index contributed by atoms with van der Waals surface area (Å²) in [5.74, 6) is 1.37. The van der Waals surface area contributed by atoms with Crippen molar-refractivity contribution in [3.05, 3.63) is 53.6 Å². The number of nitrogens with one attached hydrogen (secondary N) is 1. The minimum atomic E-state index is 0.0596. The van der Waals surface area contributed by atoms with Gasteiger partial charge in [0.2, 0.25) is 5.91 Å². The molecular formula is C24H33N3O2. The summed E-state index contributed by atoms with van der Waals surface area (Å²) < 4.78 is 5.77.